The van der Waals surface area contributed by atoms with E-state index in [1.54, 1.807) is 6.26 Å². The van der Waals surface area contributed by atoms with Crippen LogP contribution in [0.4, 0.5) is 0 Å². The number of nitrogens with zero attached hydrogens (tertiary/aromatic N) is 3. The van der Waals surface area contributed by atoms with E-state index >= 15 is 0 Å². The van der Waals surface area contributed by atoms with Crippen molar-refractivity contribution >= 4 is 17.7 Å². The molecule has 1 N–H and O–H groups in total. The molecule has 1 fully saturated rings. The molecule has 7 heteroatoms. The molecule has 2 heterocycles. The summed E-state index contributed by atoms with van der Waals surface area (Å²) >= 11 is 1.44. The van der Waals surface area contributed by atoms with Crippen molar-refractivity contribution in [3.05, 3.63) is 65.9 Å². The van der Waals surface area contributed by atoms with Crippen LogP contribution in [-0.2, 0) is 17.9 Å². The minimum Gasteiger partial charge on any atom is -0.467 e. The molecule has 1 aromatic carbocycles. The minimum absolute atomic E-state index is 0.00984. The van der Waals surface area contributed by atoms with E-state index in [0.717, 1.165) is 35.1 Å². The molecule has 4 rings (SSSR count). The van der Waals surface area contributed by atoms with Crippen LogP contribution in [0.1, 0.15) is 42.8 Å². The fourth-order valence-electron chi connectivity index (χ4n) is 2.88. The van der Waals surface area contributed by atoms with Gasteiger partial charge in [0.1, 0.15) is 11.6 Å². The summed E-state index contributed by atoms with van der Waals surface area (Å²) in [5.74, 6) is 2.32. The summed E-state index contributed by atoms with van der Waals surface area (Å²) in [4.78, 5) is 12.5. The lowest BCUT2D eigenvalue weighted by atomic mass is 10.2. The van der Waals surface area contributed by atoms with E-state index in [9.17, 15) is 4.79 Å². The molecule has 6 nitrogen and oxygen atoms in total. The third-order valence-electron chi connectivity index (χ3n) is 4.54. The Morgan fingerprint density at radius 3 is 2.78 bits per heavy atom. The summed E-state index contributed by atoms with van der Waals surface area (Å²) in [6, 6.07) is 13.7. The van der Waals surface area contributed by atoms with Crippen LogP contribution >= 0.6 is 11.8 Å². The zero-order chi connectivity index (χ0) is 18.6. The molecule has 0 radical (unpaired) electrons. The van der Waals surface area contributed by atoms with Crippen molar-refractivity contribution in [1.82, 2.24) is 20.1 Å². The molecule has 0 bridgehead atoms. The zero-order valence-corrected chi connectivity index (χ0v) is 16.0. The second-order valence-corrected chi connectivity index (χ2v) is 8.05. The molecule has 1 saturated carbocycles. The van der Waals surface area contributed by atoms with Crippen LogP contribution in [0.3, 0.4) is 0 Å². The molecule has 0 spiro atoms. The highest BCUT2D eigenvalue weighted by Crippen LogP contribution is 2.40. The molecule has 1 amide bonds. The average Bonchev–Trinajstić information content (AvgIpc) is 3.26. The maximum absolute atomic E-state index is 12.5. The lowest BCUT2D eigenvalue weighted by Crippen LogP contribution is -2.30. The Morgan fingerprint density at radius 2 is 2.07 bits per heavy atom. The Hall–Kier alpha value is -2.54. The topological polar surface area (TPSA) is 73.0 Å². The minimum atomic E-state index is -0.264. The number of rotatable bonds is 8. The summed E-state index contributed by atoms with van der Waals surface area (Å²) < 4.78 is 7.58. The van der Waals surface area contributed by atoms with E-state index in [-0.39, 0.29) is 11.2 Å². The lowest BCUT2D eigenvalue weighted by molar-refractivity contribution is -0.120. The van der Waals surface area contributed by atoms with E-state index in [1.807, 2.05) is 49.4 Å². The Labute approximate surface area is 162 Å². The van der Waals surface area contributed by atoms with Crippen molar-refractivity contribution in [2.24, 2.45) is 0 Å². The highest BCUT2D eigenvalue weighted by molar-refractivity contribution is 8.00. The maximum Gasteiger partial charge on any atom is 0.233 e. The zero-order valence-electron chi connectivity index (χ0n) is 15.2. The Balaban J connectivity index is 1.42. The first-order valence-electron chi connectivity index (χ1n) is 9.14. The van der Waals surface area contributed by atoms with Crippen LogP contribution in [0.25, 0.3) is 0 Å². The van der Waals surface area contributed by atoms with Gasteiger partial charge in [-0.15, -0.1) is 10.2 Å². The molecule has 3 aromatic rings. The van der Waals surface area contributed by atoms with E-state index < -0.39 is 0 Å². The Bertz CT molecular complexity index is 888. The quantitative estimate of drug-likeness (QED) is 0.603. The number of hydrogen-bond donors (Lipinski definition) is 1. The smallest absolute Gasteiger partial charge is 0.233 e. The number of amides is 1. The van der Waals surface area contributed by atoms with Gasteiger partial charge in [0, 0.05) is 12.5 Å². The summed E-state index contributed by atoms with van der Waals surface area (Å²) in [5, 5.41) is 12.2. The van der Waals surface area contributed by atoms with E-state index in [1.165, 1.54) is 11.8 Å². The molecular formula is C20H22N4O2S. The fraction of sp³-hybridized carbons (Fsp3) is 0.350. The number of benzene rings is 1. The summed E-state index contributed by atoms with van der Waals surface area (Å²) in [6.45, 7) is 3.01. The number of aromatic nitrogens is 3. The van der Waals surface area contributed by atoms with Gasteiger partial charge in [-0.25, -0.2) is 0 Å². The molecule has 0 saturated heterocycles. The van der Waals surface area contributed by atoms with E-state index in [4.69, 9.17) is 4.42 Å². The van der Waals surface area contributed by atoms with Gasteiger partial charge >= 0.3 is 0 Å². The average molecular weight is 382 g/mol. The predicted molar refractivity (Wildman–Crippen MR) is 103 cm³/mol. The molecule has 27 heavy (non-hydrogen) atoms. The van der Waals surface area contributed by atoms with E-state index in [0.29, 0.717) is 19.0 Å². The summed E-state index contributed by atoms with van der Waals surface area (Å²) in [6.07, 6.45) is 3.96. The second kappa shape index (κ2) is 8.00. The van der Waals surface area contributed by atoms with Gasteiger partial charge in [-0.2, -0.15) is 0 Å². The van der Waals surface area contributed by atoms with Gasteiger partial charge in [0.05, 0.1) is 18.1 Å². The highest BCUT2D eigenvalue weighted by atomic mass is 32.2. The number of carbonyl (C=O) groups excluding carboxylic acids is 1. The predicted octanol–water partition coefficient (Wildman–Crippen LogP) is 3.59. The molecule has 1 atom stereocenters. The monoisotopic (exact) mass is 382 g/mol. The van der Waals surface area contributed by atoms with Crippen LogP contribution in [-0.4, -0.2) is 25.9 Å². The van der Waals surface area contributed by atoms with Crippen molar-refractivity contribution in [3.63, 3.8) is 0 Å². The molecule has 1 aliphatic carbocycles. The second-order valence-electron chi connectivity index (χ2n) is 6.74. The molecular weight excluding hydrogens is 360 g/mol. The van der Waals surface area contributed by atoms with E-state index in [2.05, 4.69) is 20.1 Å². The van der Waals surface area contributed by atoms with Crippen molar-refractivity contribution in [2.75, 3.05) is 0 Å². The first kappa shape index (κ1) is 17.9. The fourth-order valence-corrected chi connectivity index (χ4v) is 3.76. The SMILES string of the molecule is CC(Sc1nnc(C2CC2)n1Cc1ccco1)C(=O)NCc1ccccc1. The van der Waals surface area contributed by atoms with Crippen molar-refractivity contribution in [2.45, 2.75) is 49.2 Å². The van der Waals surface area contributed by atoms with Gasteiger partial charge in [-0.05, 0) is 37.5 Å². The van der Waals surface area contributed by atoms with Crippen LogP contribution in [0.2, 0.25) is 0 Å². The van der Waals surface area contributed by atoms with Gasteiger partial charge in [0.2, 0.25) is 5.91 Å². The van der Waals surface area contributed by atoms with Gasteiger partial charge in [0.15, 0.2) is 5.16 Å². The Kier molecular flexibility index (Phi) is 5.29. The lowest BCUT2D eigenvalue weighted by Gasteiger charge is -2.13. The van der Waals surface area contributed by atoms with Gasteiger partial charge in [-0.1, -0.05) is 42.1 Å². The number of carbonyl (C=O) groups is 1. The highest BCUT2D eigenvalue weighted by Gasteiger charge is 2.31. The summed E-state index contributed by atoms with van der Waals surface area (Å²) in [5.41, 5.74) is 1.08. The van der Waals surface area contributed by atoms with Gasteiger partial charge < -0.3 is 9.73 Å². The number of furan rings is 1. The molecule has 1 unspecified atom stereocenters. The maximum atomic E-state index is 12.5. The third-order valence-corrected chi connectivity index (χ3v) is 5.62. The first-order chi connectivity index (χ1) is 13.2. The van der Waals surface area contributed by atoms with Gasteiger partial charge in [-0.3, -0.25) is 9.36 Å². The Morgan fingerprint density at radius 1 is 1.26 bits per heavy atom. The third kappa shape index (κ3) is 4.42. The van der Waals surface area contributed by atoms with Crippen molar-refractivity contribution in [1.29, 1.82) is 0 Å². The van der Waals surface area contributed by atoms with Crippen LogP contribution in [0, 0.1) is 0 Å². The molecule has 140 valence electrons. The first-order valence-corrected chi connectivity index (χ1v) is 10.0. The largest absolute Gasteiger partial charge is 0.467 e. The van der Waals surface area contributed by atoms with Crippen LogP contribution in [0.15, 0.2) is 58.3 Å². The number of nitrogens with one attached hydrogen (secondary N) is 1. The number of hydrogen-bond acceptors (Lipinski definition) is 5. The van der Waals surface area contributed by atoms with Crippen molar-refractivity contribution < 1.29 is 9.21 Å². The molecule has 1 aliphatic rings. The normalized spacial score (nSPS) is 14.9. The van der Waals surface area contributed by atoms with Gasteiger partial charge in [0.25, 0.3) is 0 Å². The summed E-state index contributed by atoms with van der Waals surface area (Å²) in [7, 11) is 0. The standard InChI is InChI=1S/C20H22N4O2S/c1-14(19(25)21-12-15-6-3-2-4-7-15)27-20-23-22-18(16-9-10-16)24(20)13-17-8-5-11-26-17/h2-8,11,14,16H,9-10,12-13H2,1H3,(H,21,25). The van der Waals surface area contributed by atoms with Crippen LogP contribution < -0.4 is 5.32 Å². The van der Waals surface area contributed by atoms with Crippen LogP contribution in [0.5, 0.6) is 0 Å². The number of thioether (sulfide) groups is 1. The van der Waals surface area contributed by atoms with Crippen molar-refractivity contribution in [3.8, 4) is 0 Å². The molecule has 2 aromatic heterocycles. The molecule has 0 aliphatic heterocycles.